The lowest BCUT2D eigenvalue weighted by Crippen LogP contribution is -2.23. The molecular formula is C9H16OS. The second-order valence-corrected chi connectivity index (χ2v) is 3.64. The van der Waals surface area contributed by atoms with Crippen LogP contribution in [0.2, 0.25) is 0 Å². The van der Waals surface area contributed by atoms with Gasteiger partial charge in [-0.3, -0.25) is 0 Å². The van der Waals surface area contributed by atoms with Crippen LogP contribution in [-0.4, -0.2) is 11.7 Å². The van der Waals surface area contributed by atoms with Crippen LogP contribution in [-0.2, 0) is 4.74 Å². The van der Waals surface area contributed by atoms with E-state index >= 15 is 0 Å². The molecule has 0 aromatic carbocycles. The van der Waals surface area contributed by atoms with E-state index < -0.39 is 0 Å². The molecule has 1 unspecified atom stereocenters. The van der Waals surface area contributed by atoms with Crippen molar-refractivity contribution in [2.24, 2.45) is 5.41 Å². The van der Waals surface area contributed by atoms with Crippen LogP contribution in [0.1, 0.15) is 39.5 Å². The lowest BCUT2D eigenvalue weighted by molar-refractivity contribution is 0.347. The van der Waals surface area contributed by atoms with Gasteiger partial charge >= 0.3 is 0 Å². The summed E-state index contributed by atoms with van der Waals surface area (Å²) >= 11 is 5.20. The average molecular weight is 172 g/mol. The van der Waals surface area contributed by atoms with Gasteiger partial charge < -0.3 is 4.74 Å². The molecule has 1 aliphatic rings. The second kappa shape index (κ2) is 3.53. The summed E-state index contributed by atoms with van der Waals surface area (Å²) in [6, 6.07) is 0. The summed E-state index contributed by atoms with van der Waals surface area (Å²) in [4.78, 5) is 0. The summed E-state index contributed by atoms with van der Waals surface area (Å²) in [5, 5.41) is 0.863. The van der Waals surface area contributed by atoms with Crippen LogP contribution in [0.4, 0.5) is 0 Å². The van der Waals surface area contributed by atoms with Gasteiger partial charge in [0.2, 0.25) is 0 Å². The Labute approximate surface area is 74.1 Å². The van der Waals surface area contributed by atoms with Crippen molar-refractivity contribution in [2.75, 3.05) is 6.61 Å². The average Bonchev–Trinajstić information content (AvgIpc) is 2.35. The third kappa shape index (κ3) is 1.56. The fourth-order valence-electron chi connectivity index (χ4n) is 1.80. The van der Waals surface area contributed by atoms with Crippen molar-refractivity contribution in [2.45, 2.75) is 39.5 Å². The lowest BCUT2D eigenvalue weighted by Gasteiger charge is -2.23. The Morgan fingerprint density at radius 3 is 2.64 bits per heavy atom. The highest BCUT2D eigenvalue weighted by Gasteiger charge is 2.38. The quantitative estimate of drug-likeness (QED) is 0.605. The number of hydrogen-bond acceptors (Lipinski definition) is 2. The van der Waals surface area contributed by atoms with Gasteiger partial charge in [0, 0.05) is 5.41 Å². The fourth-order valence-corrected chi connectivity index (χ4v) is 2.23. The molecule has 0 radical (unpaired) electrons. The first kappa shape index (κ1) is 8.98. The molecule has 11 heavy (non-hydrogen) atoms. The Morgan fingerprint density at radius 2 is 2.27 bits per heavy atom. The first-order valence-corrected chi connectivity index (χ1v) is 4.83. The van der Waals surface area contributed by atoms with Crippen LogP contribution in [0.3, 0.4) is 0 Å². The molecule has 1 heterocycles. The van der Waals surface area contributed by atoms with Crippen molar-refractivity contribution in [3.63, 3.8) is 0 Å². The zero-order valence-electron chi connectivity index (χ0n) is 7.35. The van der Waals surface area contributed by atoms with Crippen molar-refractivity contribution in [1.82, 2.24) is 0 Å². The zero-order chi connectivity index (χ0) is 8.32. The Balaban J connectivity index is 2.65. The smallest absolute Gasteiger partial charge is 0.165 e. The summed E-state index contributed by atoms with van der Waals surface area (Å²) < 4.78 is 5.34. The van der Waals surface area contributed by atoms with Crippen molar-refractivity contribution in [1.29, 1.82) is 0 Å². The molecule has 0 amide bonds. The predicted octanol–water partition coefficient (Wildman–Crippen LogP) is 2.93. The zero-order valence-corrected chi connectivity index (χ0v) is 8.17. The standard InChI is InChI=1S/C9H16OS/c1-3-5-9(4-2)6-7-10-8(9)11/h3-7H2,1-2H3. The van der Waals surface area contributed by atoms with Crippen LogP contribution < -0.4 is 0 Å². The molecule has 0 aromatic rings. The maximum Gasteiger partial charge on any atom is 0.165 e. The fraction of sp³-hybridized carbons (Fsp3) is 0.889. The van der Waals surface area contributed by atoms with Gasteiger partial charge in [-0.2, -0.15) is 0 Å². The van der Waals surface area contributed by atoms with Crippen LogP contribution in [0.15, 0.2) is 0 Å². The largest absolute Gasteiger partial charge is 0.486 e. The number of thiocarbonyl (C=S) groups is 1. The minimum atomic E-state index is 0.254. The van der Waals surface area contributed by atoms with E-state index in [2.05, 4.69) is 13.8 Å². The minimum Gasteiger partial charge on any atom is -0.486 e. The summed E-state index contributed by atoms with van der Waals surface area (Å²) in [6.07, 6.45) is 4.68. The van der Waals surface area contributed by atoms with E-state index in [0.717, 1.165) is 24.5 Å². The van der Waals surface area contributed by atoms with Crippen molar-refractivity contribution < 1.29 is 4.74 Å². The molecular weight excluding hydrogens is 156 g/mol. The second-order valence-electron chi connectivity index (χ2n) is 3.27. The van der Waals surface area contributed by atoms with Crippen LogP contribution >= 0.6 is 12.2 Å². The van der Waals surface area contributed by atoms with Gasteiger partial charge in [-0.25, -0.2) is 0 Å². The van der Waals surface area contributed by atoms with E-state index in [-0.39, 0.29) is 5.41 Å². The summed E-state index contributed by atoms with van der Waals surface area (Å²) in [5.41, 5.74) is 0.254. The molecule has 64 valence electrons. The molecule has 1 atom stereocenters. The maximum absolute atomic E-state index is 5.34. The molecule has 1 aliphatic heterocycles. The SMILES string of the molecule is CCCC1(CC)CCOC1=S. The predicted molar refractivity (Wildman–Crippen MR) is 50.8 cm³/mol. The van der Waals surface area contributed by atoms with E-state index in [1.54, 1.807) is 0 Å². The monoisotopic (exact) mass is 172 g/mol. The molecule has 1 nitrogen and oxygen atoms in total. The van der Waals surface area contributed by atoms with Gasteiger partial charge in [0.25, 0.3) is 0 Å². The molecule has 0 spiro atoms. The lowest BCUT2D eigenvalue weighted by atomic mass is 9.80. The topological polar surface area (TPSA) is 9.23 Å². The normalized spacial score (nSPS) is 30.5. The highest BCUT2D eigenvalue weighted by molar-refractivity contribution is 7.80. The van der Waals surface area contributed by atoms with Crippen LogP contribution in [0.5, 0.6) is 0 Å². The molecule has 1 saturated heterocycles. The van der Waals surface area contributed by atoms with Gasteiger partial charge in [0.05, 0.1) is 6.61 Å². The van der Waals surface area contributed by atoms with E-state index in [0.29, 0.717) is 0 Å². The third-order valence-corrected chi connectivity index (χ3v) is 3.20. The van der Waals surface area contributed by atoms with Crippen molar-refractivity contribution >= 4 is 17.3 Å². The van der Waals surface area contributed by atoms with Crippen molar-refractivity contribution in [3.8, 4) is 0 Å². The molecule has 0 aromatic heterocycles. The highest BCUT2D eigenvalue weighted by Crippen LogP contribution is 2.38. The van der Waals surface area contributed by atoms with E-state index in [1.165, 1.54) is 12.8 Å². The van der Waals surface area contributed by atoms with Gasteiger partial charge in [-0.05, 0) is 31.5 Å². The Kier molecular flexibility index (Phi) is 2.88. The Hall–Kier alpha value is -0.110. The number of rotatable bonds is 3. The molecule has 0 bridgehead atoms. The number of hydrogen-bond donors (Lipinski definition) is 0. The molecule has 0 aliphatic carbocycles. The molecule has 0 saturated carbocycles. The highest BCUT2D eigenvalue weighted by atomic mass is 32.1. The summed E-state index contributed by atoms with van der Waals surface area (Å²) in [7, 11) is 0. The van der Waals surface area contributed by atoms with E-state index in [1.807, 2.05) is 0 Å². The van der Waals surface area contributed by atoms with E-state index in [4.69, 9.17) is 17.0 Å². The first-order chi connectivity index (χ1) is 5.25. The Bertz CT molecular complexity index is 156. The molecule has 1 fully saturated rings. The third-order valence-electron chi connectivity index (χ3n) is 2.65. The van der Waals surface area contributed by atoms with Gasteiger partial charge in [-0.15, -0.1) is 0 Å². The number of ether oxygens (including phenoxy) is 1. The van der Waals surface area contributed by atoms with Crippen molar-refractivity contribution in [3.05, 3.63) is 0 Å². The van der Waals surface area contributed by atoms with Gasteiger partial charge in [0.15, 0.2) is 5.05 Å². The van der Waals surface area contributed by atoms with Crippen LogP contribution in [0, 0.1) is 5.41 Å². The van der Waals surface area contributed by atoms with Gasteiger partial charge in [-0.1, -0.05) is 20.3 Å². The van der Waals surface area contributed by atoms with Gasteiger partial charge in [0.1, 0.15) is 0 Å². The first-order valence-electron chi connectivity index (χ1n) is 4.42. The minimum absolute atomic E-state index is 0.254. The summed E-state index contributed by atoms with van der Waals surface area (Å²) in [5.74, 6) is 0. The maximum atomic E-state index is 5.34. The Morgan fingerprint density at radius 1 is 1.55 bits per heavy atom. The molecule has 2 heteroatoms. The van der Waals surface area contributed by atoms with E-state index in [9.17, 15) is 0 Å². The van der Waals surface area contributed by atoms with Crippen LogP contribution in [0.25, 0.3) is 0 Å². The molecule has 0 N–H and O–H groups in total. The molecule has 1 rings (SSSR count). The summed E-state index contributed by atoms with van der Waals surface area (Å²) in [6.45, 7) is 5.25.